The van der Waals surface area contributed by atoms with Crippen LogP contribution in [0.4, 0.5) is 0 Å². The number of nitrogens with one attached hydrogen (secondary N) is 1. The Morgan fingerprint density at radius 1 is 1.28 bits per heavy atom. The van der Waals surface area contributed by atoms with Gasteiger partial charge in [0.1, 0.15) is 11.8 Å². The molecule has 1 heterocycles. The molecule has 2 aromatic carbocycles. The number of halogens is 3. The van der Waals surface area contributed by atoms with Gasteiger partial charge >= 0.3 is 13.0 Å². The van der Waals surface area contributed by atoms with Crippen molar-refractivity contribution in [2.75, 3.05) is 6.61 Å². The number of ether oxygens (including phenoxy) is 2. The summed E-state index contributed by atoms with van der Waals surface area (Å²) in [6, 6.07) is 9.03. The van der Waals surface area contributed by atoms with Crippen molar-refractivity contribution >= 4 is 80.8 Å². The van der Waals surface area contributed by atoms with Crippen molar-refractivity contribution in [2.24, 2.45) is 0 Å². The van der Waals surface area contributed by atoms with Gasteiger partial charge in [0.15, 0.2) is 5.75 Å². The second-order valence-corrected chi connectivity index (χ2v) is 10.3. The van der Waals surface area contributed by atoms with Crippen LogP contribution in [-0.4, -0.2) is 41.9 Å². The molecule has 1 saturated heterocycles. The first-order valence-electron chi connectivity index (χ1n) is 8.95. The molecule has 1 aliphatic rings. The third-order valence-electron chi connectivity index (χ3n) is 4.33. The monoisotopic (exact) mass is 733 g/mol. The van der Waals surface area contributed by atoms with E-state index >= 15 is 0 Å². The Morgan fingerprint density at radius 3 is 2.45 bits per heavy atom. The van der Waals surface area contributed by atoms with Crippen LogP contribution in [0.2, 0.25) is 6.82 Å². The number of hydrogen-bond donors (Lipinski definition) is 3. The van der Waals surface area contributed by atoms with Crippen LogP contribution in [0.25, 0.3) is 0 Å². The highest BCUT2D eigenvalue weighted by Crippen LogP contribution is 2.34. The van der Waals surface area contributed by atoms with Gasteiger partial charge in [-0.1, -0.05) is 6.07 Å². The number of carbonyl (C=O) groups is 1. The number of rotatable bonds is 9. The summed E-state index contributed by atoms with van der Waals surface area (Å²) in [7, 11) is -0.895. The largest absolute Gasteiger partial charge is 0.480 e. The first-order valence-corrected chi connectivity index (χ1v) is 12.2. The van der Waals surface area contributed by atoms with Crippen LogP contribution in [0.1, 0.15) is 11.1 Å². The van der Waals surface area contributed by atoms with E-state index < -0.39 is 19.1 Å². The molecule has 3 rings (SSSR count). The van der Waals surface area contributed by atoms with E-state index in [1.807, 2.05) is 24.3 Å². The first-order chi connectivity index (χ1) is 13.7. The summed E-state index contributed by atoms with van der Waals surface area (Å²) in [5, 5.41) is 21.5. The van der Waals surface area contributed by atoms with Crippen LogP contribution >= 0.6 is 67.8 Å². The predicted molar refractivity (Wildman–Crippen MR) is 137 cm³/mol. The Balaban J connectivity index is 1.75. The average molecular weight is 733 g/mol. The molecule has 2 aromatic rings. The lowest BCUT2D eigenvalue weighted by atomic mass is 9.86. The number of epoxide rings is 1. The Kier molecular flexibility index (Phi) is 8.46. The van der Waals surface area contributed by atoms with Crippen LogP contribution in [0.3, 0.4) is 0 Å². The molecule has 0 amide bonds. The van der Waals surface area contributed by atoms with Gasteiger partial charge < -0.3 is 24.8 Å². The summed E-state index contributed by atoms with van der Waals surface area (Å²) < 4.78 is 14.4. The molecule has 2 atom stereocenters. The summed E-state index contributed by atoms with van der Waals surface area (Å²) >= 11 is 6.72. The maximum atomic E-state index is 11.4. The van der Waals surface area contributed by atoms with Gasteiger partial charge in [-0.05, 0) is 116 Å². The maximum Gasteiger partial charge on any atom is 0.374 e. The van der Waals surface area contributed by atoms with Crippen molar-refractivity contribution < 1.29 is 24.4 Å². The van der Waals surface area contributed by atoms with Crippen molar-refractivity contribution in [3.8, 4) is 11.5 Å². The van der Waals surface area contributed by atoms with Crippen molar-refractivity contribution in [3.63, 3.8) is 0 Å². The molecule has 0 aliphatic carbocycles. The number of carboxylic acid groups (broad SMARTS) is 1. The SMILES string of the molecule is CB(O)NC(Cc1cc(I)c(Oc2ccc(CC3CO3)c(I)c2)c(I)c1)C(=O)O. The molecular formula is C19H19BI3NO5. The van der Waals surface area contributed by atoms with Crippen LogP contribution in [0, 0.1) is 10.7 Å². The minimum Gasteiger partial charge on any atom is -0.480 e. The molecule has 154 valence electrons. The zero-order valence-corrected chi connectivity index (χ0v) is 22.0. The van der Waals surface area contributed by atoms with E-state index in [-0.39, 0.29) is 6.42 Å². The fourth-order valence-electron chi connectivity index (χ4n) is 2.88. The molecule has 0 aromatic heterocycles. The number of benzene rings is 2. The normalized spacial score (nSPS) is 16.4. The quantitative estimate of drug-likeness (QED) is 0.206. The smallest absolute Gasteiger partial charge is 0.374 e. The predicted octanol–water partition coefficient (Wildman–Crippen LogP) is 3.93. The molecule has 0 spiro atoms. The van der Waals surface area contributed by atoms with Crippen LogP contribution in [0.5, 0.6) is 11.5 Å². The fraction of sp³-hybridized carbons (Fsp3) is 0.316. The van der Waals surface area contributed by atoms with Crippen LogP contribution in [0.15, 0.2) is 30.3 Å². The molecule has 0 saturated carbocycles. The van der Waals surface area contributed by atoms with E-state index in [4.69, 9.17) is 9.47 Å². The third kappa shape index (κ3) is 6.92. The van der Waals surface area contributed by atoms with E-state index in [1.54, 1.807) is 0 Å². The van der Waals surface area contributed by atoms with Crippen LogP contribution < -0.4 is 9.96 Å². The number of hydrogen-bond acceptors (Lipinski definition) is 5. The molecule has 10 heteroatoms. The fourth-order valence-corrected chi connectivity index (χ4v) is 5.70. The lowest BCUT2D eigenvalue weighted by molar-refractivity contribution is -0.139. The zero-order valence-electron chi connectivity index (χ0n) is 15.5. The van der Waals surface area contributed by atoms with Gasteiger partial charge in [0.25, 0.3) is 0 Å². The van der Waals surface area contributed by atoms with E-state index in [9.17, 15) is 14.9 Å². The lowest BCUT2D eigenvalue weighted by Crippen LogP contribution is -2.46. The second kappa shape index (κ2) is 10.4. The Morgan fingerprint density at radius 2 is 1.93 bits per heavy atom. The molecular weight excluding hydrogens is 714 g/mol. The summed E-state index contributed by atoms with van der Waals surface area (Å²) in [6.07, 6.45) is 1.54. The van der Waals surface area contributed by atoms with Crippen molar-refractivity contribution in [1.82, 2.24) is 5.23 Å². The summed E-state index contributed by atoms with van der Waals surface area (Å²) in [5.74, 6) is 0.513. The summed E-state index contributed by atoms with van der Waals surface area (Å²) in [6.45, 7) is 2.34. The van der Waals surface area contributed by atoms with Crippen LogP contribution in [-0.2, 0) is 22.4 Å². The Hall–Kier alpha value is -0.155. The highest BCUT2D eigenvalue weighted by molar-refractivity contribution is 14.1. The molecule has 0 bridgehead atoms. The van der Waals surface area contributed by atoms with Gasteiger partial charge in [0, 0.05) is 9.99 Å². The van der Waals surface area contributed by atoms with Crippen molar-refractivity contribution in [2.45, 2.75) is 31.8 Å². The van der Waals surface area contributed by atoms with Crippen molar-refractivity contribution in [3.05, 3.63) is 52.2 Å². The van der Waals surface area contributed by atoms with Gasteiger partial charge in [-0.15, -0.1) is 0 Å². The summed E-state index contributed by atoms with van der Waals surface area (Å²) in [5.41, 5.74) is 2.12. The van der Waals surface area contributed by atoms with Gasteiger partial charge in [-0.3, -0.25) is 4.79 Å². The molecule has 6 nitrogen and oxygen atoms in total. The molecule has 3 N–H and O–H groups in total. The maximum absolute atomic E-state index is 11.4. The minimum atomic E-state index is -0.998. The molecule has 1 aliphatic heterocycles. The van der Waals surface area contributed by atoms with E-state index in [0.717, 1.165) is 40.8 Å². The number of carboxylic acids is 1. The second-order valence-electron chi connectivity index (χ2n) is 6.84. The standard InChI is InChI=1S/C19H19BI3NO5/c1-20(27)24-17(19(25)26)6-10-4-15(22)18(16(23)5-10)29-12-3-2-11(14(21)8-12)7-13-9-28-13/h2-5,8,13,17,24,27H,6-7,9H2,1H3,(H,25,26). The first kappa shape index (κ1) is 23.5. The van der Waals surface area contributed by atoms with E-state index in [0.29, 0.717) is 6.10 Å². The highest BCUT2D eigenvalue weighted by Gasteiger charge is 2.24. The van der Waals surface area contributed by atoms with Crippen molar-refractivity contribution in [1.29, 1.82) is 0 Å². The topological polar surface area (TPSA) is 91.3 Å². The lowest BCUT2D eigenvalue weighted by Gasteiger charge is -2.17. The molecule has 1 fully saturated rings. The van der Waals surface area contributed by atoms with E-state index in [2.05, 4.69) is 79.1 Å². The molecule has 0 radical (unpaired) electrons. The average Bonchev–Trinajstić information content (AvgIpc) is 3.43. The summed E-state index contributed by atoms with van der Waals surface area (Å²) in [4.78, 5) is 11.4. The Labute approximate surface area is 210 Å². The van der Waals surface area contributed by atoms with Gasteiger partial charge in [0.05, 0.1) is 19.9 Å². The highest BCUT2D eigenvalue weighted by atomic mass is 127. The molecule has 29 heavy (non-hydrogen) atoms. The van der Waals surface area contributed by atoms with E-state index in [1.165, 1.54) is 12.4 Å². The zero-order chi connectivity index (χ0) is 21.1. The van der Waals surface area contributed by atoms with Gasteiger partial charge in [-0.2, -0.15) is 0 Å². The molecule has 2 unspecified atom stereocenters. The Bertz CT molecular complexity index is 884. The number of aliphatic carboxylic acids is 1. The van der Waals surface area contributed by atoms with Gasteiger partial charge in [-0.25, -0.2) is 0 Å². The minimum absolute atomic E-state index is 0.266. The van der Waals surface area contributed by atoms with Gasteiger partial charge in [0.2, 0.25) is 0 Å². The third-order valence-corrected chi connectivity index (χ3v) is 6.94.